The van der Waals surface area contributed by atoms with E-state index >= 15 is 8.42 Å². The number of unbranched alkanes of at least 4 members (excludes halogenated alkanes) is 2. The van der Waals surface area contributed by atoms with E-state index < -0.39 is 27.8 Å². The van der Waals surface area contributed by atoms with Crippen LogP contribution in [0.1, 0.15) is 69.8 Å². The van der Waals surface area contributed by atoms with Crippen LogP contribution in [0.5, 0.6) is 11.5 Å². The average molecular weight is 870 g/mol. The van der Waals surface area contributed by atoms with Gasteiger partial charge in [-0.1, -0.05) is 73.5 Å². The molecule has 326 valence electrons. The molecule has 0 amide bonds. The maximum atomic E-state index is 15.4. The number of thioether (sulfide) groups is 1. The van der Waals surface area contributed by atoms with Gasteiger partial charge in [0.1, 0.15) is 23.5 Å². The molecule has 6 atom stereocenters. The van der Waals surface area contributed by atoms with Gasteiger partial charge in [-0.3, -0.25) is 4.98 Å². The van der Waals surface area contributed by atoms with Crippen molar-refractivity contribution in [3.05, 3.63) is 115 Å². The summed E-state index contributed by atoms with van der Waals surface area (Å²) in [6, 6.07) is 24.2. The number of aliphatic hydroxyl groups is 2. The molecule has 1 aliphatic heterocycles. The number of benzene rings is 3. The average Bonchev–Trinajstić information content (AvgIpc) is 3.28. The number of pyridine rings is 1. The lowest BCUT2D eigenvalue weighted by Gasteiger charge is -2.59. The highest BCUT2D eigenvalue weighted by molar-refractivity contribution is 7.99. The third-order valence-corrected chi connectivity index (χ3v) is 15.1. The number of allylic oxidation sites excluding steroid dienone is 1. The molecule has 13 heteroatoms. The molecule has 2 heterocycles. The molecule has 0 unspecified atom stereocenters. The second-order valence-electron chi connectivity index (χ2n) is 15.9. The van der Waals surface area contributed by atoms with Gasteiger partial charge >= 0.3 is 0 Å². The highest BCUT2D eigenvalue weighted by Gasteiger charge is 2.66. The van der Waals surface area contributed by atoms with Gasteiger partial charge in [0.25, 0.3) is 0 Å². The number of hydrogen-bond donors (Lipinski definition) is 2. The molecular formula is C48H59N3O8S2. The van der Waals surface area contributed by atoms with E-state index in [1.54, 1.807) is 46.5 Å². The van der Waals surface area contributed by atoms with Crippen molar-refractivity contribution in [3.8, 4) is 11.5 Å². The zero-order chi connectivity index (χ0) is 42.8. The van der Waals surface area contributed by atoms with E-state index in [0.717, 1.165) is 48.0 Å². The fourth-order valence-corrected chi connectivity index (χ4v) is 12.4. The third kappa shape index (κ3) is 9.43. The number of nitrogens with zero attached hydrogens (tertiary/aromatic N) is 3. The van der Waals surface area contributed by atoms with Gasteiger partial charge in [0, 0.05) is 59.9 Å². The first-order valence-corrected chi connectivity index (χ1v) is 24.0. The summed E-state index contributed by atoms with van der Waals surface area (Å²) < 4.78 is 53.2. The van der Waals surface area contributed by atoms with E-state index in [1.807, 2.05) is 49.4 Å². The van der Waals surface area contributed by atoms with Crippen LogP contribution >= 0.6 is 11.8 Å². The largest absolute Gasteiger partial charge is 0.493 e. The zero-order valence-corrected chi connectivity index (χ0v) is 36.9. The number of para-hydroxylation sites is 1. The Morgan fingerprint density at radius 1 is 1.02 bits per heavy atom. The van der Waals surface area contributed by atoms with Crippen molar-refractivity contribution in [3.63, 3.8) is 0 Å². The van der Waals surface area contributed by atoms with Gasteiger partial charge in [0.15, 0.2) is 0 Å². The Labute approximate surface area is 364 Å². The minimum atomic E-state index is -4.24. The smallest absolute Gasteiger partial charge is 0.245 e. The molecule has 1 fully saturated rings. The summed E-state index contributed by atoms with van der Waals surface area (Å²) in [5.41, 5.74) is 2.91. The highest BCUT2D eigenvalue weighted by atomic mass is 32.2. The summed E-state index contributed by atoms with van der Waals surface area (Å²) in [6.45, 7) is 6.95. The predicted molar refractivity (Wildman–Crippen MR) is 241 cm³/mol. The van der Waals surface area contributed by atoms with Gasteiger partial charge in [-0.15, -0.1) is 18.3 Å². The van der Waals surface area contributed by atoms with E-state index in [9.17, 15) is 10.2 Å². The monoisotopic (exact) mass is 869 g/mol. The molecule has 0 spiro atoms. The summed E-state index contributed by atoms with van der Waals surface area (Å²) in [5, 5.41) is 25.2. The minimum absolute atomic E-state index is 0.0401. The Hall–Kier alpha value is -4.24. The third-order valence-electron chi connectivity index (χ3n) is 12.2. The van der Waals surface area contributed by atoms with Crippen LogP contribution in [0.4, 0.5) is 0 Å². The molecule has 3 aliphatic rings. The summed E-state index contributed by atoms with van der Waals surface area (Å²) in [5.74, 6) is -0.0755. The number of ether oxygens (including phenoxy) is 3. The Kier molecular flexibility index (Phi) is 15.2. The first-order valence-electron chi connectivity index (χ1n) is 21.6. The molecule has 0 saturated heterocycles. The number of fused-ring (bicyclic) bond motifs is 3. The Morgan fingerprint density at radius 3 is 2.56 bits per heavy atom. The Bertz CT molecular complexity index is 2270. The normalized spacial score (nSPS) is 23.9. The molecule has 2 N–H and O–H groups in total. The molecule has 1 saturated carbocycles. The zero-order valence-electron chi connectivity index (χ0n) is 35.2. The maximum Gasteiger partial charge on any atom is 0.245 e. The van der Waals surface area contributed by atoms with Gasteiger partial charge in [0.2, 0.25) is 15.8 Å². The highest BCUT2D eigenvalue weighted by Crippen LogP contribution is 2.62. The van der Waals surface area contributed by atoms with Gasteiger partial charge in [-0.25, -0.2) is 8.42 Å². The van der Waals surface area contributed by atoms with E-state index in [1.165, 1.54) is 12.0 Å². The van der Waals surface area contributed by atoms with E-state index in [-0.39, 0.29) is 55.4 Å². The first-order chi connectivity index (χ1) is 29.8. The van der Waals surface area contributed by atoms with E-state index in [4.69, 9.17) is 19.0 Å². The van der Waals surface area contributed by atoms with Crippen LogP contribution in [0.3, 0.4) is 0 Å². The second-order valence-corrected chi connectivity index (χ2v) is 18.9. The number of oxime groups is 1. The lowest BCUT2D eigenvalue weighted by atomic mass is 9.55. The molecule has 4 aromatic rings. The van der Waals surface area contributed by atoms with Crippen LogP contribution in [0.25, 0.3) is 10.9 Å². The standard InChI is InChI=1S/C48H59N3O8S2/c1-4-25-51(61(54,55)43-21-13-16-34-17-14-24-49-47(34)43)44-33-41(50-56-3)39-31-35(15-9-11-26-52)38(20-10-12-27-53)45-40-32-36(57-29-30-60-37-18-7-6-8-19-37)22-23-42(40)59-48(44,46(39)45)58-28-5-2/h5-8,13-14,16-19,21-24,31-32,35,38,44-46,52-53H,2,4,9-12,15,20,25-30,33H2,1,3H3/t35-,38+,44-,45+,46+,48+/m0/s1. The summed E-state index contributed by atoms with van der Waals surface area (Å²) in [4.78, 5) is 11.4. The first kappa shape index (κ1) is 44.8. The number of rotatable bonds is 22. The SMILES string of the molecule is C=CCO[C@@]12Oc3ccc(OCCSc4ccccc4)cc3[C@H]3[C@H](CCCCO)[C@@H](CCCCO)C=C(C(=NOC)C[C@@H]1N(CCC)S(=O)(=O)c1cccc4cccnc14)[C@H]32. The van der Waals surface area contributed by atoms with Crippen molar-refractivity contribution in [1.29, 1.82) is 0 Å². The van der Waals surface area contributed by atoms with Gasteiger partial charge in [-0.05, 0) is 92.0 Å². The number of sulfonamides is 1. The van der Waals surface area contributed by atoms with Crippen LogP contribution in [0.2, 0.25) is 0 Å². The van der Waals surface area contributed by atoms with Crippen LogP contribution in [-0.2, 0) is 19.6 Å². The second kappa shape index (κ2) is 20.8. The van der Waals surface area contributed by atoms with Crippen molar-refractivity contribution in [2.75, 3.05) is 45.8 Å². The quantitative estimate of drug-likeness (QED) is 0.0341. The van der Waals surface area contributed by atoms with Gasteiger partial charge in [0.05, 0.1) is 36.4 Å². The van der Waals surface area contributed by atoms with E-state index in [0.29, 0.717) is 48.6 Å². The van der Waals surface area contributed by atoms with E-state index in [2.05, 4.69) is 41.0 Å². The molecule has 0 bridgehead atoms. The van der Waals surface area contributed by atoms with Crippen molar-refractivity contribution < 1.29 is 37.7 Å². The molecule has 1 aromatic heterocycles. The van der Waals surface area contributed by atoms with Crippen LogP contribution in [0, 0.1) is 17.8 Å². The molecule has 2 aliphatic carbocycles. The lowest BCUT2D eigenvalue weighted by Crippen LogP contribution is -2.70. The van der Waals surface area contributed by atoms with Crippen molar-refractivity contribution in [1.82, 2.24) is 9.29 Å². The van der Waals surface area contributed by atoms with Gasteiger partial charge < -0.3 is 29.3 Å². The maximum absolute atomic E-state index is 15.4. The summed E-state index contributed by atoms with van der Waals surface area (Å²) >= 11 is 1.74. The minimum Gasteiger partial charge on any atom is -0.493 e. The molecule has 11 nitrogen and oxygen atoms in total. The molecule has 61 heavy (non-hydrogen) atoms. The fraction of sp³-hybridized carbons (Fsp3) is 0.458. The fourth-order valence-electron chi connectivity index (χ4n) is 9.73. The summed E-state index contributed by atoms with van der Waals surface area (Å²) in [7, 11) is -2.72. The van der Waals surface area contributed by atoms with Crippen LogP contribution in [-0.4, -0.2) is 91.3 Å². The van der Waals surface area contributed by atoms with Crippen molar-refractivity contribution >= 4 is 38.4 Å². The number of hydrogen-bond acceptors (Lipinski definition) is 11. The van der Waals surface area contributed by atoms with Gasteiger partial charge in [-0.2, -0.15) is 4.31 Å². The number of aliphatic hydroxyl groups excluding tert-OH is 2. The predicted octanol–water partition coefficient (Wildman–Crippen LogP) is 8.77. The Morgan fingerprint density at radius 2 is 1.80 bits per heavy atom. The number of aromatic nitrogens is 1. The van der Waals surface area contributed by atoms with Crippen LogP contribution in [0.15, 0.2) is 124 Å². The summed E-state index contributed by atoms with van der Waals surface area (Å²) in [6.07, 6.45) is 10.8. The van der Waals surface area contributed by atoms with Crippen molar-refractivity contribution in [2.24, 2.45) is 22.9 Å². The topological polar surface area (TPSA) is 140 Å². The molecular weight excluding hydrogens is 811 g/mol. The molecule has 7 rings (SSSR count). The molecule has 0 radical (unpaired) electrons. The Balaban J connectivity index is 1.40. The lowest BCUT2D eigenvalue weighted by molar-refractivity contribution is -0.251. The van der Waals surface area contributed by atoms with Crippen molar-refractivity contribution in [2.45, 2.75) is 85.8 Å². The van der Waals surface area contributed by atoms with Crippen LogP contribution < -0.4 is 9.47 Å². The molecule has 3 aromatic carbocycles.